The van der Waals surface area contributed by atoms with Gasteiger partial charge in [-0.25, -0.2) is 13.1 Å². The Balaban J connectivity index is 2.85. The van der Waals surface area contributed by atoms with Gasteiger partial charge < -0.3 is 4.74 Å². The quantitative estimate of drug-likeness (QED) is 0.759. The maximum absolute atomic E-state index is 12.9. The van der Waals surface area contributed by atoms with Crippen LogP contribution in [-0.4, -0.2) is 27.7 Å². The number of nitrogens with one attached hydrogen (secondary N) is 1. The van der Waals surface area contributed by atoms with E-state index in [0.29, 0.717) is 19.1 Å². The van der Waals surface area contributed by atoms with Crippen LogP contribution in [0.2, 0.25) is 5.02 Å². The molecule has 0 aliphatic heterocycles. The lowest BCUT2D eigenvalue weighted by atomic mass is 10.2. The molecule has 0 aliphatic carbocycles. The van der Waals surface area contributed by atoms with E-state index in [2.05, 4.69) is 4.72 Å². The Morgan fingerprint density at radius 2 is 1.95 bits per heavy atom. The van der Waals surface area contributed by atoms with Crippen LogP contribution in [0, 0.1) is 0 Å². The molecule has 0 amide bonds. The second kappa shape index (κ2) is 7.63. The van der Waals surface area contributed by atoms with Gasteiger partial charge in [-0.2, -0.15) is 13.2 Å². The minimum atomic E-state index is -4.81. The van der Waals surface area contributed by atoms with E-state index in [1.54, 1.807) is 0 Å². The molecule has 0 saturated carbocycles. The zero-order valence-electron chi connectivity index (χ0n) is 12.1. The topological polar surface area (TPSA) is 55.4 Å². The number of sulfonamides is 1. The Labute approximate surface area is 132 Å². The average molecular weight is 360 g/mol. The summed E-state index contributed by atoms with van der Waals surface area (Å²) in [4.78, 5) is -0.839. The van der Waals surface area contributed by atoms with E-state index in [-0.39, 0.29) is 17.7 Å². The fourth-order valence-corrected chi connectivity index (χ4v) is 3.09. The number of benzene rings is 1. The lowest BCUT2D eigenvalue weighted by Crippen LogP contribution is -2.28. The van der Waals surface area contributed by atoms with Crippen molar-refractivity contribution >= 4 is 21.6 Å². The third-order valence-electron chi connectivity index (χ3n) is 2.60. The van der Waals surface area contributed by atoms with Crippen LogP contribution >= 0.6 is 11.6 Å². The van der Waals surface area contributed by atoms with Gasteiger partial charge in [0.25, 0.3) is 0 Å². The van der Waals surface area contributed by atoms with E-state index in [1.165, 1.54) is 0 Å². The van der Waals surface area contributed by atoms with Crippen molar-refractivity contribution in [2.75, 3.05) is 13.2 Å². The molecule has 0 fully saturated rings. The monoisotopic (exact) mass is 359 g/mol. The second-order valence-electron chi connectivity index (χ2n) is 4.81. The van der Waals surface area contributed by atoms with Crippen molar-refractivity contribution in [3.63, 3.8) is 0 Å². The normalized spacial score (nSPS) is 12.9. The molecule has 0 heterocycles. The van der Waals surface area contributed by atoms with Crippen LogP contribution in [0.3, 0.4) is 0 Å². The van der Waals surface area contributed by atoms with Gasteiger partial charge in [0.15, 0.2) is 0 Å². The fraction of sp³-hybridized carbons (Fsp3) is 0.538. The molecule has 4 nitrogen and oxygen atoms in total. The Bertz CT molecular complexity index is 603. The number of alkyl halides is 3. The summed E-state index contributed by atoms with van der Waals surface area (Å²) in [5.41, 5.74) is -1.29. The number of rotatable bonds is 7. The van der Waals surface area contributed by atoms with Crippen molar-refractivity contribution in [2.24, 2.45) is 0 Å². The Morgan fingerprint density at radius 1 is 1.32 bits per heavy atom. The highest BCUT2D eigenvalue weighted by Gasteiger charge is 2.37. The molecule has 0 bridgehead atoms. The average Bonchev–Trinajstić information content (AvgIpc) is 2.36. The summed E-state index contributed by atoms with van der Waals surface area (Å²) in [5, 5.41) is -0.184. The van der Waals surface area contributed by atoms with Gasteiger partial charge in [0.05, 0.1) is 16.6 Å². The molecule has 1 rings (SSSR count). The highest BCUT2D eigenvalue weighted by molar-refractivity contribution is 7.89. The molecule has 0 atom stereocenters. The molecule has 0 aliphatic rings. The van der Waals surface area contributed by atoms with E-state index in [0.717, 1.165) is 12.1 Å². The lowest BCUT2D eigenvalue weighted by molar-refractivity contribution is -0.139. The second-order valence-corrected chi connectivity index (χ2v) is 6.98. The summed E-state index contributed by atoms with van der Waals surface area (Å²) < 4.78 is 70.1. The van der Waals surface area contributed by atoms with E-state index in [9.17, 15) is 21.6 Å². The molecule has 22 heavy (non-hydrogen) atoms. The molecule has 1 N–H and O–H groups in total. The van der Waals surface area contributed by atoms with Gasteiger partial charge in [-0.1, -0.05) is 11.6 Å². The first-order valence-electron chi connectivity index (χ1n) is 6.52. The van der Waals surface area contributed by atoms with Gasteiger partial charge in [-0.05, 0) is 38.5 Å². The summed E-state index contributed by atoms with van der Waals surface area (Å²) >= 11 is 5.52. The highest BCUT2D eigenvalue weighted by atomic mass is 35.5. The van der Waals surface area contributed by atoms with Gasteiger partial charge in [0.2, 0.25) is 10.0 Å². The zero-order chi connectivity index (χ0) is 17.0. The van der Waals surface area contributed by atoms with Gasteiger partial charge in [0.1, 0.15) is 0 Å². The first-order valence-corrected chi connectivity index (χ1v) is 8.38. The third-order valence-corrected chi connectivity index (χ3v) is 4.36. The Kier molecular flexibility index (Phi) is 6.66. The lowest BCUT2D eigenvalue weighted by Gasteiger charge is -2.14. The first-order chi connectivity index (χ1) is 10.0. The SMILES string of the molecule is CC(C)OCCCNS(=O)(=O)c1ccc(Cl)cc1C(F)(F)F. The van der Waals surface area contributed by atoms with E-state index in [4.69, 9.17) is 16.3 Å². The smallest absolute Gasteiger partial charge is 0.379 e. The molecule has 0 saturated heterocycles. The standard InChI is InChI=1S/C13H17ClF3NO3S/c1-9(2)21-7-3-6-18-22(19,20)12-5-4-10(14)8-11(12)13(15,16)17/h4-5,8-9,18H,3,6-7H2,1-2H3. The summed E-state index contributed by atoms with van der Waals surface area (Å²) in [7, 11) is -4.28. The van der Waals surface area contributed by atoms with Crippen LogP contribution in [0.5, 0.6) is 0 Å². The molecule has 0 spiro atoms. The highest BCUT2D eigenvalue weighted by Crippen LogP contribution is 2.35. The van der Waals surface area contributed by atoms with Gasteiger partial charge in [-0.3, -0.25) is 0 Å². The van der Waals surface area contributed by atoms with Gasteiger partial charge in [0, 0.05) is 18.2 Å². The molecular weight excluding hydrogens is 343 g/mol. The van der Waals surface area contributed by atoms with E-state index in [1.807, 2.05) is 13.8 Å². The van der Waals surface area contributed by atoms with Crippen LogP contribution < -0.4 is 4.72 Å². The van der Waals surface area contributed by atoms with E-state index < -0.39 is 26.7 Å². The Morgan fingerprint density at radius 3 is 2.50 bits per heavy atom. The van der Waals surface area contributed by atoms with Crippen molar-refractivity contribution in [2.45, 2.75) is 37.4 Å². The molecule has 1 aromatic carbocycles. The minimum absolute atomic E-state index is 0.00436. The Hall–Kier alpha value is -0.830. The summed E-state index contributed by atoms with van der Waals surface area (Å²) in [5.74, 6) is 0. The number of halogens is 4. The van der Waals surface area contributed by atoms with Crippen LogP contribution in [0.25, 0.3) is 0 Å². The third kappa shape index (κ3) is 5.75. The van der Waals surface area contributed by atoms with Gasteiger partial charge in [-0.15, -0.1) is 0 Å². The van der Waals surface area contributed by atoms with Crippen LogP contribution in [0.15, 0.2) is 23.1 Å². The maximum atomic E-state index is 12.9. The number of hydrogen-bond donors (Lipinski definition) is 1. The van der Waals surface area contributed by atoms with Crippen molar-refractivity contribution < 1.29 is 26.3 Å². The first kappa shape index (κ1) is 19.2. The molecule has 9 heteroatoms. The molecule has 0 unspecified atom stereocenters. The van der Waals surface area contributed by atoms with Crippen molar-refractivity contribution in [1.29, 1.82) is 0 Å². The summed E-state index contributed by atoms with van der Waals surface area (Å²) in [6, 6.07) is 2.54. The zero-order valence-corrected chi connectivity index (χ0v) is 13.6. The molecule has 0 aromatic heterocycles. The van der Waals surface area contributed by atoms with Crippen LogP contribution in [0.4, 0.5) is 13.2 Å². The van der Waals surface area contributed by atoms with Crippen molar-refractivity contribution in [3.8, 4) is 0 Å². The minimum Gasteiger partial charge on any atom is -0.379 e. The van der Waals surface area contributed by atoms with E-state index >= 15 is 0 Å². The van der Waals surface area contributed by atoms with Crippen molar-refractivity contribution in [3.05, 3.63) is 28.8 Å². The van der Waals surface area contributed by atoms with Crippen molar-refractivity contribution in [1.82, 2.24) is 4.72 Å². The fourth-order valence-electron chi connectivity index (χ4n) is 1.63. The molecule has 0 radical (unpaired) electrons. The molecule has 1 aromatic rings. The number of ether oxygens (including phenoxy) is 1. The molecule has 126 valence electrons. The molecular formula is C13H17ClF3NO3S. The maximum Gasteiger partial charge on any atom is 0.417 e. The predicted molar refractivity (Wildman–Crippen MR) is 77.3 cm³/mol. The van der Waals surface area contributed by atoms with Crippen LogP contribution in [0.1, 0.15) is 25.8 Å². The largest absolute Gasteiger partial charge is 0.417 e. The summed E-state index contributed by atoms with van der Waals surface area (Å²) in [6.45, 7) is 3.95. The number of hydrogen-bond acceptors (Lipinski definition) is 3. The van der Waals surface area contributed by atoms with Gasteiger partial charge >= 0.3 is 6.18 Å². The summed E-state index contributed by atoms with van der Waals surface area (Å²) in [6.07, 6.45) is -4.45. The predicted octanol–water partition coefficient (Wildman–Crippen LogP) is 3.45. The van der Waals surface area contributed by atoms with Crippen LogP contribution in [-0.2, 0) is 20.9 Å².